The second-order valence-corrected chi connectivity index (χ2v) is 12.0. The first kappa shape index (κ1) is 38.9. The van der Waals surface area contributed by atoms with E-state index in [1.165, 1.54) is 167 Å². The van der Waals surface area contributed by atoms with Gasteiger partial charge >= 0.3 is 0 Å². The standard InChI is InChI=1S/C39H73N/c1-4-7-9-11-13-15-17-19-21-23-25-27-29-31-33-35-38-40(37-6-3)39-36-34-32-30-28-26-24-22-20-18-16-14-12-10-8-5-2/h13-16,19-22H,4-12,17-18,23-39H2,1-3H3. The fraction of sp³-hybridized carbons (Fsp3) is 0.795. The van der Waals surface area contributed by atoms with Crippen LogP contribution in [-0.4, -0.2) is 24.5 Å². The van der Waals surface area contributed by atoms with Gasteiger partial charge in [0.2, 0.25) is 0 Å². The maximum atomic E-state index is 2.74. The van der Waals surface area contributed by atoms with Crippen molar-refractivity contribution in [1.82, 2.24) is 4.90 Å². The van der Waals surface area contributed by atoms with Crippen molar-refractivity contribution in [2.24, 2.45) is 0 Å². The summed E-state index contributed by atoms with van der Waals surface area (Å²) in [6, 6.07) is 0. The summed E-state index contributed by atoms with van der Waals surface area (Å²) in [5.74, 6) is 0. The third-order valence-electron chi connectivity index (χ3n) is 7.89. The molecule has 0 saturated heterocycles. The molecule has 0 bridgehead atoms. The first-order chi connectivity index (χ1) is 19.8. The van der Waals surface area contributed by atoms with Crippen molar-refractivity contribution in [2.75, 3.05) is 19.6 Å². The number of unbranched alkanes of at least 4 members (excludes halogenated alkanes) is 18. The molecule has 0 aliphatic rings. The maximum absolute atomic E-state index is 2.74. The van der Waals surface area contributed by atoms with E-state index in [0.717, 1.165) is 12.8 Å². The van der Waals surface area contributed by atoms with E-state index in [0.29, 0.717) is 0 Å². The molecule has 0 aromatic carbocycles. The second kappa shape index (κ2) is 35.9. The Labute approximate surface area is 254 Å². The zero-order valence-corrected chi connectivity index (χ0v) is 27.9. The van der Waals surface area contributed by atoms with Gasteiger partial charge in [0.15, 0.2) is 0 Å². The lowest BCUT2D eigenvalue weighted by atomic mass is 10.1. The van der Waals surface area contributed by atoms with Gasteiger partial charge in [-0.3, -0.25) is 0 Å². The van der Waals surface area contributed by atoms with Crippen LogP contribution in [0.2, 0.25) is 0 Å². The van der Waals surface area contributed by atoms with E-state index >= 15 is 0 Å². The fourth-order valence-corrected chi connectivity index (χ4v) is 5.30. The number of nitrogens with zero attached hydrogens (tertiary/aromatic N) is 1. The summed E-state index contributed by atoms with van der Waals surface area (Å²) >= 11 is 0. The van der Waals surface area contributed by atoms with Crippen molar-refractivity contribution >= 4 is 0 Å². The second-order valence-electron chi connectivity index (χ2n) is 12.0. The van der Waals surface area contributed by atoms with Gasteiger partial charge < -0.3 is 4.90 Å². The Hall–Kier alpha value is -1.08. The van der Waals surface area contributed by atoms with Crippen LogP contribution in [0.1, 0.15) is 181 Å². The van der Waals surface area contributed by atoms with Gasteiger partial charge in [-0.1, -0.05) is 146 Å². The third kappa shape index (κ3) is 33.1. The van der Waals surface area contributed by atoms with Crippen LogP contribution in [0, 0.1) is 0 Å². The highest BCUT2D eigenvalue weighted by molar-refractivity contribution is 4.93. The molecule has 1 nitrogen and oxygen atoms in total. The van der Waals surface area contributed by atoms with Crippen LogP contribution in [0.25, 0.3) is 0 Å². The van der Waals surface area contributed by atoms with Crippen molar-refractivity contribution in [3.05, 3.63) is 48.6 Å². The monoisotopic (exact) mass is 556 g/mol. The molecule has 0 aromatic heterocycles. The minimum atomic E-state index is 1.12. The Balaban J connectivity index is 3.51. The van der Waals surface area contributed by atoms with Gasteiger partial charge in [-0.15, -0.1) is 0 Å². The first-order valence-corrected chi connectivity index (χ1v) is 18.2. The minimum absolute atomic E-state index is 1.12. The predicted molar refractivity (Wildman–Crippen MR) is 185 cm³/mol. The summed E-state index contributed by atoms with van der Waals surface area (Å²) in [6.07, 6.45) is 52.4. The van der Waals surface area contributed by atoms with Crippen molar-refractivity contribution in [3.8, 4) is 0 Å². The van der Waals surface area contributed by atoms with Crippen molar-refractivity contribution in [1.29, 1.82) is 0 Å². The smallest absolute Gasteiger partial charge is 0.00187 e. The van der Waals surface area contributed by atoms with Crippen LogP contribution in [0.5, 0.6) is 0 Å². The van der Waals surface area contributed by atoms with Crippen LogP contribution in [0.3, 0.4) is 0 Å². The van der Waals surface area contributed by atoms with E-state index < -0.39 is 0 Å². The molecule has 0 atom stereocenters. The molecule has 0 radical (unpaired) electrons. The Morgan fingerprint density at radius 1 is 0.300 bits per heavy atom. The highest BCUT2D eigenvalue weighted by Crippen LogP contribution is 2.11. The van der Waals surface area contributed by atoms with Gasteiger partial charge in [-0.2, -0.15) is 0 Å². The molecule has 0 aromatic rings. The van der Waals surface area contributed by atoms with E-state index in [9.17, 15) is 0 Å². The summed E-state index contributed by atoms with van der Waals surface area (Å²) in [4.78, 5) is 2.74. The number of hydrogen-bond donors (Lipinski definition) is 0. The van der Waals surface area contributed by atoms with Gasteiger partial charge in [0.25, 0.3) is 0 Å². The summed E-state index contributed by atoms with van der Waals surface area (Å²) in [7, 11) is 0. The van der Waals surface area contributed by atoms with Crippen LogP contribution in [-0.2, 0) is 0 Å². The van der Waals surface area contributed by atoms with E-state index in [2.05, 4.69) is 74.3 Å². The summed E-state index contributed by atoms with van der Waals surface area (Å²) in [5.41, 5.74) is 0. The molecular formula is C39H73N. The lowest BCUT2D eigenvalue weighted by Crippen LogP contribution is -2.27. The summed E-state index contributed by atoms with van der Waals surface area (Å²) in [6.45, 7) is 10.8. The van der Waals surface area contributed by atoms with Crippen molar-refractivity contribution < 1.29 is 0 Å². The molecular weight excluding hydrogens is 482 g/mol. The molecule has 1 heteroatoms. The minimum Gasteiger partial charge on any atom is -0.303 e. The number of rotatable bonds is 32. The Bertz CT molecular complexity index is 521. The van der Waals surface area contributed by atoms with E-state index in [1.54, 1.807) is 0 Å². The lowest BCUT2D eigenvalue weighted by Gasteiger charge is -2.21. The first-order valence-electron chi connectivity index (χ1n) is 18.2. The molecule has 0 N–H and O–H groups in total. The van der Waals surface area contributed by atoms with Gasteiger partial charge in [0.1, 0.15) is 0 Å². The van der Waals surface area contributed by atoms with Crippen LogP contribution in [0.4, 0.5) is 0 Å². The molecule has 0 rings (SSSR count). The third-order valence-corrected chi connectivity index (χ3v) is 7.89. The van der Waals surface area contributed by atoms with Crippen molar-refractivity contribution in [3.63, 3.8) is 0 Å². The molecule has 40 heavy (non-hydrogen) atoms. The fourth-order valence-electron chi connectivity index (χ4n) is 5.30. The molecule has 0 heterocycles. The molecule has 0 saturated carbocycles. The number of hydrogen-bond acceptors (Lipinski definition) is 1. The summed E-state index contributed by atoms with van der Waals surface area (Å²) < 4.78 is 0. The molecule has 0 aliphatic heterocycles. The van der Waals surface area contributed by atoms with E-state index in [-0.39, 0.29) is 0 Å². The molecule has 234 valence electrons. The molecule has 0 fully saturated rings. The maximum Gasteiger partial charge on any atom is -0.00187 e. The quantitative estimate of drug-likeness (QED) is 0.0589. The Morgan fingerprint density at radius 2 is 0.625 bits per heavy atom. The Kier molecular flexibility index (Phi) is 35.0. The lowest BCUT2D eigenvalue weighted by molar-refractivity contribution is 0.260. The zero-order valence-electron chi connectivity index (χ0n) is 27.9. The van der Waals surface area contributed by atoms with Crippen molar-refractivity contribution in [2.45, 2.75) is 181 Å². The Morgan fingerprint density at radius 3 is 0.975 bits per heavy atom. The SMILES string of the molecule is CCCCCC=CCC=CCCCCCCCCN(CCC)CCCCCCCCC=CCC=CCCCCC. The van der Waals surface area contributed by atoms with Gasteiger partial charge in [0.05, 0.1) is 0 Å². The van der Waals surface area contributed by atoms with E-state index in [4.69, 9.17) is 0 Å². The topological polar surface area (TPSA) is 3.24 Å². The average Bonchev–Trinajstić information content (AvgIpc) is 2.96. The number of allylic oxidation sites excluding steroid dienone is 8. The highest BCUT2D eigenvalue weighted by atomic mass is 15.1. The molecule has 0 unspecified atom stereocenters. The average molecular weight is 556 g/mol. The zero-order chi connectivity index (χ0) is 29.0. The van der Waals surface area contributed by atoms with Crippen LogP contribution < -0.4 is 0 Å². The van der Waals surface area contributed by atoms with E-state index in [1.807, 2.05) is 0 Å². The van der Waals surface area contributed by atoms with Gasteiger partial charge in [-0.25, -0.2) is 0 Å². The normalized spacial score (nSPS) is 12.5. The summed E-state index contributed by atoms with van der Waals surface area (Å²) in [5, 5.41) is 0. The van der Waals surface area contributed by atoms with Gasteiger partial charge in [-0.05, 0) is 103 Å². The molecule has 0 spiro atoms. The van der Waals surface area contributed by atoms with Crippen LogP contribution >= 0.6 is 0 Å². The highest BCUT2D eigenvalue weighted by Gasteiger charge is 2.03. The predicted octanol–water partition coefficient (Wildman–Crippen LogP) is 13.3. The molecule has 0 amide bonds. The largest absolute Gasteiger partial charge is 0.303 e. The van der Waals surface area contributed by atoms with Gasteiger partial charge in [0, 0.05) is 0 Å². The molecule has 0 aliphatic carbocycles. The van der Waals surface area contributed by atoms with Crippen LogP contribution in [0.15, 0.2) is 48.6 Å².